The lowest BCUT2D eigenvalue weighted by Crippen LogP contribution is -2.15. The SMILES string of the molecule is CS(=O)(=O)Nc1ccc2cc(C(N)=Nc3cccc(C(F)(F)c4ccncc4)c3)[nH]c2c1. The largest absolute Gasteiger partial charge is 0.382 e. The van der Waals surface area contributed by atoms with Crippen molar-refractivity contribution in [2.45, 2.75) is 5.92 Å². The summed E-state index contributed by atoms with van der Waals surface area (Å²) in [6.07, 6.45) is 3.69. The molecule has 164 valence electrons. The first-order valence-electron chi connectivity index (χ1n) is 9.46. The second-order valence-electron chi connectivity index (χ2n) is 7.22. The highest BCUT2D eigenvalue weighted by molar-refractivity contribution is 7.92. The number of nitrogens with two attached hydrogens (primary N) is 1. The number of sulfonamides is 1. The third kappa shape index (κ3) is 4.59. The Labute approximate surface area is 183 Å². The predicted molar refractivity (Wildman–Crippen MR) is 121 cm³/mol. The molecule has 0 aliphatic rings. The molecule has 0 aliphatic heterocycles. The topological polar surface area (TPSA) is 113 Å². The van der Waals surface area contributed by atoms with E-state index >= 15 is 0 Å². The van der Waals surface area contributed by atoms with Gasteiger partial charge < -0.3 is 10.7 Å². The molecule has 2 aromatic heterocycles. The Morgan fingerprint density at radius 1 is 1.06 bits per heavy atom. The molecule has 4 aromatic rings. The van der Waals surface area contributed by atoms with Crippen molar-refractivity contribution in [1.29, 1.82) is 0 Å². The predicted octanol–water partition coefficient (Wildman–Crippen LogP) is 4.11. The molecule has 7 nitrogen and oxygen atoms in total. The number of rotatable bonds is 6. The first kappa shape index (κ1) is 21.4. The van der Waals surface area contributed by atoms with Crippen LogP contribution in [0.15, 0.2) is 78.0 Å². The molecule has 0 unspecified atom stereocenters. The van der Waals surface area contributed by atoms with Crippen molar-refractivity contribution in [3.63, 3.8) is 0 Å². The third-order valence-corrected chi connectivity index (χ3v) is 5.31. The Bertz CT molecular complexity index is 1420. The number of nitrogens with one attached hydrogen (secondary N) is 2. The maximum absolute atomic E-state index is 14.9. The number of benzene rings is 2. The van der Waals surface area contributed by atoms with Crippen molar-refractivity contribution in [3.8, 4) is 0 Å². The molecule has 2 aromatic carbocycles. The molecule has 0 saturated carbocycles. The van der Waals surface area contributed by atoms with Gasteiger partial charge in [0.2, 0.25) is 10.0 Å². The number of anilines is 1. The molecule has 0 bridgehead atoms. The van der Waals surface area contributed by atoms with Gasteiger partial charge in [0.15, 0.2) is 0 Å². The summed E-state index contributed by atoms with van der Waals surface area (Å²) in [4.78, 5) is 11.1. The van der Waals surface area contributed by atoms with Crippen LogP contribution in [0.1, 0.15) is 16.8 Å². The molecule has 4 rings (SSSR count). The normalized spacial score (nSPS) is 12.8. The number of nitrogens with zero attached hydrogens (tertiary/aromatic N) is 2. The van der Waals surface area contributed by atoms with E-state index in [1.165, 1.54) is 42.7 Å². The molecule has 0 saturated heterocycles. The van der Waals surface area contributed by atoms with Crippen LogP contribution in [-0.4, -0.2) is 30.5 Å². The van der Waals surface area contributed by atoms with E-state index in [0.717, 1.165) is 11.6 Å². The standard InChI is InChI=1S/C22H19F2N5O2S/c1-32(30,31)29-18-6-5-14-11-20(28-19(14)13-18)21(25)27-17-4-2-3-16(12-17)22(23,24)15-7-9-26-10-8-15/h2-13,28-29H,1H3,(H2,25,27). The zero-order valence-electron chi connectivity index (χ0n) is 16.9. The van der Waals surface area contributed by atoms with Crippen LogP contribution in [0, 0.1) is 0 Å². The van der Waals surface area contributed by atoms with Gasteiger partial charge in [-0.1, -0.05) is 18.2 Å². The lowest BCUT2D eigenvalue weighted by molar-refractivity contribution is 0.0428. The van der Waals surface area contributed by atoms with Crippen molar-refractivity contribution in [2.24, 2.45) is 10.7 Å². The summed E-state index contributed by atoms with van der Waals surface area (Å²) in [5.41, 5.74) is 7.51. The molecule has 10 heteroatoms. The Morgan fingerprint density at radius 3 is 2.53 bits per heavy atom. The number of fused-ring (bicyclic) bond motifs is 1. The van der Waals surface area contributed by atoms with Gasteiger partial charge in [0.25, 0.3) is 5.92 Å². The number of hydrogen-bond acceptors (Lipinski definition) is 4. The first-order valence-corrected chi connectivity index (χ1v) is 11.3. The van der Waals surface area contributed by atoms with E-state index in [0.29, 0.717) is 16.9 Å². The molecule has 2 heterocycles. The minimum Gasteiger partial charge on any atom is -0.382 e. The Kier molecular flexibility index (Phi) is 5.39. The second kappa shape index (κ2) is 8.04. The van der Waals surface area contributed by atoms with Gasteiger partial charge in [-0.3, -0.25) is 9.71 Å². The highest BCUT2D eigenvalue weighted by atomic mass is 32.2. The molecule has 0 aliphatic carbocycles. The number of alkyl halides is 2. The number of aromatic nitrogens is 2. The van der Waals surface area contributed by atoms with Crippen LogP contribution >= 0.6 is 0 Å². The number of hydrogen-bond donors (Lipinski definition) is 3. The molecule has 0 fully saturated rings. The maximum atomic E-state index is 14.9. The number of aromatic amines is 1. The lowest BCUT2D eigenvalue weighted by Gasteiger charge is -2.17. The number of pyridine rings is 1. The van der Waals surface area contributed by atoms with Crippen LogP contribution in [0.5, 0.6) is 0 Å². The second-order valence-corrected chi connectivity index (χ2v) is 8.97. The zero-order valence-corrected chi connectivity index (χ0v) is 17.7. The number of halogens is 2. The number of aliphatic imine (C=N–C) groups is 1. The molecular formula is C22H19F2N5O2S. The molecular weight excluding hydrogens is 436 g/mol. The quantitative estimate of drug-likeness (QED) is 0.300. The fourth-order valence-corrected chi connectivity index (χ4v) is 3.80. The van der Waals surface area contributed by atoms with Gasteiger partial charge in [-0.05, 0) is 42.5 Å². The average Bonchev–Trinajstić information content (AvgIpc) is 3.17. The van der Waals surface area contributed by atoms with Crippen LogP contribution < -0.4 is 10.5 Å². The van der Waals surface area contributed by atoms with Gasteiger partial charge in [0.1, 0.15) is 5.84 Å². The molecule has 4 N–H and O–H groups in total. The van der Waals surface area contributed by atoms with Crippen molar-refractivity contribution < 1.29 is 17.2 Å². The summed E-state index contributed by atoms with van der Waals surface area (Å²) in [6.45, 7) is 0. The monoisotopic (exact) mass is 455 g/mol. The van der Waals surface area contributed by atoms with Gasteiger partial charge in [-0.25, -0.2) is 13.4 Å². The fraction of sp³-hybridized carbons (Fsp3) is 0.0909. The molecule has 32 heavy (non-hydrogen) atoms. The number of H-pyrrole nitrogens is 1. The van der Waals surface area contributed by atoms with E-state index < -0.39 is 15.9 Å². The maximum Gasteiger partial charge on any atom is 0.298 e. The van der Waals surface area contributed by atoms with Gasteiger partial charge in [-0.15, -0.1) is 0 Å². The zero-order chi connectivity index (χ0) is 22.9. The van der Waals surface area contributed by atoms with Crippen LogP contribution in [-0.2, 0) is 15.9 Å². The minimum absolute atomic E-state index is 0.100. The summed E-state index contributed by atoms with van der Waals surface area (Å²) in [7, 11) is -3.41. The van der Waals surface area contributed by atoms with Crippen LogP contribution in [0.2, 0.25) is 0 Å². The van der Waals surface area contributed by atoms with Gasteiger partial charge >= 0.3 is 0 Å². The van der Waals surface area contributed by atoms with Gasteiger partial charge in [0, 0.05) is 34.4 Å². The van der Waals surface area contributed by atoms with Gasteiger partial charge in [0.05, 0.1) is 23.3 Å². The smallest absolute Gasteiger partial charge is 0.298 e. The molecule has 0 radical (unpaired) electrons. The highest BCUT2D eigenvalue weighted by Gasteiger charge is 2.34. The average molecular weight is 455 g/mol. The summed E-state index contributed by atoms with van der Waals surface area (Å²) in [5, 5.41) is 0.787. The summed E-state index contributed by atoms with van der Waals surface area (Å²) in [5.74, 6) is -3.11. The number of amidine groups is 1. The van der Waals surface area contributed by atoms with Crippen molar-refractivity contribution >= 4 is 38.1 Å². The van der Waals surface area contributed by atoms with E-state index in [-0.39, 0.29) is 22.6 Å². The Morgan fingerprint density at radius 2 is 1.81 bits per heavy atom. The van der Waals surface area contributed by atoms with Crippen LogP contribution in [0.25, 0.3) is 10.9 Å². The van der Waals surface area contributed by atoms with Crippen LogP contribution in [0.3, 0.4) is 0 Å². The summed E-state index contributed by atoms with van der Waals surface area (Å²) in [6, 6.07) is 14.9. The summed E-state index contributed by atoms with van der Waals surface area (Å²) < 4.78 is 55.0. The van der Waals surface area contributed by atoms with Crippen molar-refractivity contribution in [3.05, 3.63) is 89.9 Å². The van der Waals surface area contributed by atoms with E-state index in [2.05, 4.69) is 19.7 Å². The highest BCUT2D eigenvalue weighted by Crippen LogP contribution is 2.36. The Hall–Kier alpha value is -3.79. The van der Waals surface area contributed by atoms with E-state index in [1.54, 1.807) is 30.3 Å². The van der Waals surface area contributed by atoms with Crippen molar-refractivity contribution in [1.82, 2.24) is 9.97 Å². The molecule has 0 amide bonds. The van der Waals surface area contributed by atoms with Crippen molar-refractivity contribution in [2.75, 3.05) is 11.0 Å². The minimum atomic E-state index is -3.41. The van der Waals surface area contributed by atoms with E-state index in [1.807, 2.05) is 0 Å². The first-order chi connectivity index (χ1) is 15.1. The Balaban J connectivity index is 1.64. The molecule has 0 atom stereocenters. The molecule has 0 spiro atoms. The van der Waals surface area contributed by atoms with E-state index in [9.17, 15) is 17.2 Å². The lowest BCUT2D eigenvalue weighted by atomic mass is 10.0. The summed E-state index contributed by atoms with van der Waals surface area (Å²) >= 11 is 0. The van der Waals surface area contributed by atoms with E-state index in [4.69, 9.17) is 5.73 Å². The third-order valence-electron chi connectivity index (χ3n) is 4.70. The van der Waals surface area contributed by atoms with Gasteiger partial charge in [-0.2, -0.15) is 8.78 Å². The fourth-order valence-electron chi connectivity index (χ4n) is 3.24. The van der Waals surface area contributed by atoms with Crippen LogP contribution in [0.4, 0.5) is 20.2 Å².